The van der Waals surface area contributed by atoms with E-state index in [0.717, 1.165) is 17.8 Å². The molecule has 0 heterocycles. The minimum Gasteiger partial charge on any atom is -0.355 e. The van der Waals surface area contributed by atoms with Gasteiger partial charge in [-0.2, -0.15) is 0 Å². The molecule has 6 aromatic carbocycles. The average molecular weight is 460 g/mol. The van der Waals surface area contributed by atoms with Crippen LogP contribution in [-0.4, -0.2) is 0 Å². The topological polar surface area (TPSA) is 12.0 Å². The lowest BCUT2D eigenvalue weighted by atomic mass is 9.92. The van der Waals surface area contributed by atoms with Crippen LogP contribution in [0.2, 0.25) is 0 Å². The van der Waals surface area contributed by atoms with Gasteiger partial charge in [-0.15, -0.1) is 0 Å². The summed E-state index contributed by atoms with van der Waals surface area (Å²) in [4.78, 5) is 0. The fourth-order valence-electron chi connectivity index (χ4n) is 5.57. The molecule has 1 aliphatic rings. The number of anilines is 2. The van der Waals surface area contributed by atoms with Gasteiger partial charge in [-0.1, -0.05) is 103 Å². The number of benzene rings is 6. The minimum absolute atomic E-state index is 0.950. The van der Waals surface area contributed by atoms with E-state index in [1.54, 1.807) is 0 Å². The van der Waals surface area contributed by atoms with Crippen LogP contribution in [0.4, 0.5) is 11.4 Å². The number of para-hydroxylation sites is 1. The molecule has 170 valence electrons. The number of hydrogen-bond donors (Lipinski definition) is 1. The Labute approximate surface area is 211 Å². The van der Waals surface area contributed by atoms with E-state index in [2.05, 4.69) is 139 Å². The lowest BCUT2D eigenvalue weighted by Gasteiger charge is -2.16. The van der Waals surface area contributed by atoms with E-state index in [1.807, 2.05) is 0 Å². The second-order valence-electron chi connectivity index (χ2n) is 9.49. The number of fused-ring (bicyclic) bond motifs is 5. The highest BCUT2D eigenvalue weighted by Crippen LogP contribution is 2.47. The van der Waals surface area contributed by atoms with Crippen molar-refractivity contribution in [3.63, 3.8) is 0 Å². The summed E-state index contributed by atoms with van der Waals surface area (Å²) in [7, 11) is 0. The van der Waals surface area contributed by atoms with Gasteiger partial charge in [0.25, 0.3) is 0 Å². The molecule has 7 rings (SSSR count). The van der Waals surface area contributed by atoms with Gasteiger partial charge in [0.2, 0.25) is 0 Å². The van der Waals surface area contributed by atoms with E-state index in [0.29, 0.717) is 0 Å². The zero-order valence-electron chi connectivity index (χ0n) is 19.9. The van der Waals surface area contributed by atoms with Crippen molar-refractivity contribution in [1.29, 1.82) is 0 Å². The quantitative estimate of drug-likeness (QED) is 0.276. The first-order chi connectivity index (χ1) is 17.8. The highest BCUT2D eigenvalue weighted by Gasteiger charge is 2.25. The summed E-state index contributed by atoms with van der Waals surface area (Å²) in [6.45, 7) is 0. The Morgan fingerprint density at radius 2 is 1.17 bits per heavy atom. The predicted molar refractivity (Wildman–Crippen MR) is 153 cm³/mol. The maximum absolute atomic E-state index is 3.67. The second-order valence-corrected chi connectivity index (χ2v) is 9.49. The fraction of sp³-hybridized carbons (Fsp3) is 0.0286. The number of hydrogen-bond acceptors (Lipinski definition) is 1. The van der Waals surface area contributed by atoms with Crippen LogP contribution in [0.25, 0.3) is 44.2 Å². The highest BCUT2D eigenvalue weighted by molar-refractivity contribution is 6.03. The molecule has 0 bridgehead atoms. The lowest BCUT2D eigenvalue weighted by molar-refractivity contribution is 1.27. The molecule has 0 saturated carbocycles. The van der Waals surface area contributed by atoms with Gasteiger partial charge < -0.3 is 5.32 Å². The van der Waals surface area contributed by atoms with Crippen LogP contribution in [0.1, 0.15) is 11.1 Å². The van der Waals surface area contributed by atoms with Crippen molar-refractivity contribution < 1.29 is 0 Å². The Kier molecular flexibility index (Phi) is 4.92. The summed E-state index contributed by atoms with van der Waals surface area (Å²) in [5.74, 6) is 0. The van der Waals surface area contributed by atoms with Crippen molar-refractivity contribution in [2.45, 2.75) is 6.42 Å². The van der Waals surface area contributed by atoms with Crippen molar-refractivity contribution in [2.24, 2.45) is 0 Å². The van der Waals surface area contributed by atoms with Gasteiger partial charge in [-0.05, 0) is 92.0 Å². The number of nitrogens with one attached hydrogen (secondary N) is 1. The SMILES string of the molecule is c1ccc(Nc2cc(-c3cccc(-c4ccccc4)c3)c3c(c2)-c2c(ccc4ccccc24)C3)cc1. The maximum Gasteiger partial charge on any atom is 0.0396 e. The molecule has 0 radical (unpaired) electrons. The Morgan fingerprint density at radius 1 is 0.472 bits per heavy atom. The molecule has 0 saturated heterocycles. The van der Waals surface area contributed by atoms with Crippen LogP contribution in [0.15, 0.2) is 133 Å². The van der Waals surface area contributed by atoms with Gasteiger partial charge in [-0.25, -0.2) is 0 Å². The van der Waals surface area contributed by atoms with Crippen LogP contribution in [0.3, 0.4) is 0 Å². The molecule has 36 heavy (non-hydrogen) atoms. The maximum atomic E-state index is 3.67. The molecule has 1 aliphatic carbocycles. The normalized spacial score (nSPS) is 11.8. The van der Waals surface area contributed by atoms with Gasteiger partial charge in [0.15, 0.2) is 0 Å². The van der Waals surface area contributed by atoms with Crippen LogP contribution < -0.4 is 5.32 Å². The molecule has 0 amide bonds. The predicted octanol–water partition coefficient (Wildman–Crippen LogP) is 9.49. The van der Waals surface area contributed by atoms with Crippen molar-refractivity contribution >= 4 is 22.1 Å². The molecule has 0 fully saturated rings. The molecule has 0 atom stereocenters. The zero-order valence-corrected chi connectivity index (χ0v) is 19.9. The molecule has 0 aromatic heterocycles. The van der Waals surface area contributed by atoms with Crippen LogP contribution in [0.5, 0.6) is 0 Å². The first-order valence-corrected chi connectivity index (χ1v) is 12.5. The fourth-order valence-corrected chi connectivity index (χ4v) is 5.57. The van der Waals surface area contributed by atoms with E-state index in [9.17, 15) is 0 Å². The standard InChI is InChI=1S/C35H25N/c1-3-10-24(11-4-1)26-13-9-14-27(20-26)32-22-30(36-29-15-5-2-6-16-29)23-34-33(32)21-28-19-18-25-12-7-8-17-31(25)35(28)34/h1-20,22-23,36H,21H2. The van der Waals surface area contributed by atoms with Gasteiger partial charge in [0, 0.05) is 11.4 Å². The van der Waals surface area contributed by atoms with Crippen molar-refractivity contribution in [1.82, 2.24) is 0 Å². The Balaban J connectivity index is 1.44. The third-order valence-corrected chi connectivity index (χ3v) is 7.24. The van der Waals surface area contributed by atoms with Crippen molar-refractivity contribution in [3.8, 4) is 33.4 Å². The molecule has 0 spiro atoms. The van der Waals surface area contributed by atoms with E-state index >= 15 is 0 Å². The lowest BCUT2D eigenvalue weighted by Crippen LogP contribution is -1.95. The summed E-state index contributed by atoms with van der Waals surface area (Å²) >= 11 is 0. The highest BCUT2D eigenvalue weighted by atomic mass is 14.9. The summed E-state index contributed by atoms with van der Waals surface area (Å²) in [5.41, 5.74) is 12.8. The Hall–Kier alpha value is -4.62. The second kappa shape index (κ2) is 8.55. The Morgan fingerprint density at radius 3 is 2.03 bits per heavy atom. The first-order valence-electron chi connectivity index (χ1n) is 12.5. The van der Waals surface area contributed by atoms with Gasteiger partial charge >= 0.3 is 0 Å². The summed E-state index contributed by atoms with van der Waals surface area (Å²) in [5, 5.41) is 6.29. The van der Waals surface area contributed by atoms with E-state index in [1.165, 1.54) is 55.3 Å². The molecule has 6 aromatic rings. The molecule has 1 heteroatoms. The van der Waals surface area contributed by atoms with Crippen LogP contribution in [-0.2, 0) is 6.42 Å². The Bertz CT molecular complexity index is 1720. The van der Waals surface area contributed by atoms with E-state index in [4.69, 9.17) is 0 Å². The van der Waals surface area contributed by atoms with E-state index in [-0.39, 0.29) is 0 Å². The largest absolute Gasteiger partial charge is 0.355 e. The van der Waals surface area contributed by atoms with Gasteiger partial charge in [0.05, 0.1) is 0 Å². The zero-order chi connectivity index (χ0) is 23.9. The third-order valence-electron chi connectivity index (χ3n) is 7.24. The summed E-state index contributed by atoms with van der Waals surface area (Å²) in [6.07, 6.45) is 0.950. The summed E-state index contributed by atoms with van der Waals surface area (Å²) in [6, 6.07) is 48.0. The average Bonchev–Trinajstić information content (AvgIpc) is 3.33. The monoisotopic (exact) mass is 459 g/mol. The first kappa shape index (κ1) is 20.7. The molecule has 0 aliphatic heterocycles. The van der Waals surface area contributed by atoms with Crippen molar-refractivity contribution in [2.75, 3.05) is 5.32 Å². The van der Waals surface area contributed by atoms with Gasteiger partial charge in [0.1, 0.15) is 0 Å². The molecule has 1 nitrogen and oxygen atoms in total. The molecule has 1 N–H and O–H groups in total. The van der Waals surface area contributed by atoms with Crippen LogP contribution in [0, 0.1) is 0 Å². The van der Waals surface area contributed by atoms with E-state index < -0.39 is 0 Å². The third kappa shape index (κ3) is 3.57. The van der Waals surface area contributed by atoms with Crippen molar-refractivity contribution in [3.05, 3.63) is 145 Å². The number of rotatable bonds is 4. The summed E-state index contributed by atoms with van der Waals surface area (Å²) < 4.78 is 0. The molecule has 0 unspecified atom stereocenters. The molecular weight excluding hydrogens is 434 g/mol. The van der Waals surface area contributed by atoms with Gasteiger partial charge in [-0.3, -0.25) is 0 Å². The molecular formula is C35H25N. The minimum atomic E-state index is 0.950. The smallest absolute Gasteiger partial charge is 0.0396 e. The van der Waals surface area contributed by atoms with Crippen LogP contribution >= 0.6 is 0 Å².